The van der Waals surface area contributed by atoms with Gasteiger partial charge in [-0.2, -0.15) is 13.2 Å². The van der Waals surface area contributed by atoms with Gasteiger partial charge in [-0.25, -0.2) is 0 Å². The Kier molecular flexibility index (Phi) is 4.65. The largest absolute Gasteiger partial charge is 0.391 e. The average Bonchev–Trinajstić information content (AvgIpc) is 2.39. The summed E-state index contributed by atoms with van der Waals surface area (Å²) >= 11 is 0. The Morgan fingerprint density at radius 2 is 2.00 bits per heavy atom. The first kappa shape index (κ1) is 15.3. The quantitative estimate of drug-likeness (QED) is 0.929. The first-order valence-electron chi connectivity index (χ1n) is 6.86. The fourth-order valence-electron chi connectivity index (χ4n) is 2.90. The average molecular weight is 287 g/mol. The first-order valence-corrected chi connectivity index (χ1v) is 6.86. The van der Waals surface area contributed by atoms with Gasteiger partial charge in [0.05, 0.1) is 12.0 Å². The molecule has 3 nitrogen and oxygen atoms in total. The van der Waals surface area contributed by atoms with Gasteiger partial charge in [0, 0.05) is 18.4 Å². The lowest BCUT2D eigenvalue weighted by molar-refractivity contribution is -0.186. The Morgan fingerprint density at radius 3 is 2.45 bits per heavy atom. The van der Waals surface area contributed by atoms with Crippen LogP contribution in [0, 0.1) is 5.92 Å². The minimum atomic E-state index is -4.08. The van der Waals surface area contributed by atoms with Crippen LogP contribution in [0.4, 0.5) is 13.2 Å². The van der Waals surface area contributed by atoms with Crippen LogP contribution in [0.15, 0.2) is 24.5 Å². The van der Waals surface area contributed by atoms with Crippen molar-refractivity contribution in [1.29, 1.82) is 0 Å². The molecule has 2 unspecified atom stereocenters. The van der Waals surface area contributed by atoms with Gasteiger partial charge in [0.25, 0.3) is 0 Å². The molecule has 0 bridgehead atoms. The number of nitrogens with zero attached hydrogens (tertiary/aromatic N) is 2. The van der Waals surface area contributed by atoms with E-state index in [1.54, 1.807) is 12.4 Å². The summed E-state index contributed by atoms with van der Waals surface area (Å²) in [6, 6.07) is 3.53. The second-order valence-corrected chi connectivity index (χ2v) is 5.44. The Morgan fingerprint density at radius 1 is 1.35 bits per heavy atom. The fourth-order valence-corrected chi connectivity index (χ4v) is 2.90. The topological polar surface area (TPSA) is 42.1 Å². The molecule has 1 aliphatic heterocycles. The number of aromatic nitrogens is 1. The Hall–Kier alpha value is -1.14. The maximum Gasteiger partial charge on any atom is 0.391 e. The van der Waals surface area contributed by atoms with Gasteiger partial charge < -0.3 is 5.73 Å². The minimum Gasteiger partial charge on any atom is -0.326 e. The number of alkyl halides is 3. The summed E-state index contributed by atoms with van der Waals surface area (Å²) in [7, 11) is 0. The third kappa shape index (κ3) is 3.49. The van der Waals surface area contributed by atoms with Gasteiger partial charge in [0.15, 0.2) is 0 Å². The van der Waals surface area contributed by atoms with Gasteiger partial charge in [-0.15, -0.1) is 0 Å². The number of pyridine rings is 1. The number of hydrogen-bond donors (Lipinski definition) is 1. The van der Waals surface area contributed by atoms with E-state index in [9.17, 15) is 13.2 Å². The van der Waals surface area contributed by atoms with Crippen molar-refractivity contribution >= 4 is 0 Å². The number of halogens is 3. The summed E-state index contributed by atoms with van der Waals surface area (Å²) < 4.78 is 38.1. The van der Waals surface area contributed by atoms with Gasteiger partial charge in [-0.1, -0.05) is 6.07 Å². The number of piperidine rings is 1. The van der Waals surface area contributed by atoms with Gasteiger partial charge in [0.2, 0.25) is 0 Å². The van der Waals surface area contributed by atoms with Crippen molar-refractivity contribution in [3.05, 3.63) is 30.1 Å². The van der Waals surface area contributed by atoms with Gasteiger partial charge in [-0.3, -0.25) is 9.88 Å². The zero-order chi connectivity index (χ0) is 14.8. The normalized spacial score (nSPS) is 21.6. The lowest BCUT2D eigenvalue weighted by Gasteiger charge is -2.39. The molecule has 20 heavy (non-hydrogen) atoms. The van der Waals surface area contributed by atoms with Crippen LogP contribution in [-0.4, -0.2) is 35.2 Å². The number of hydrogen-bond acceptors (Lipinski definition) is 3. The molecular weight excluding hydrogens is 267 g/mol. The summed E-state index contributed by atoms with van der Waals surface area (Å²) in [6.45, 7) is 2.73. The van der Waals surface area contributed by atoms with Crippen LogP contribution >= 0.6 is 0 Å². The highest BCUT2D eigenvalue weighted by molar-refractivity contribution is 5.16. The highest BCUT2D eigenvalue weighted by atomic mass is 19.4. The molecule has 0 spiro atoms. The molecule has 0 aliphatic carbocycles. The molecule has 1 aromatic heterocycles. The second-order valence-electron chi connectivity index (χ2n) is 5.44. The van der Waals surface area contributed by atoms with Gasteiger partial charge in [-0.05, 0) is 44.5 Å². The van der Waals surface area contributed by atoms with Crippen molar-refractivity contribution in [2.45, 2.75) is 38.0 Å². The fraction of sp³-hybridized carbons (Fsp3) is 0.643. The van der Waals surface area contributed by atoms with Gasteiger partial charge in [0.1, 0.15) is 0 Å². The molecule has 1 fully saturated rings. The SMILES string of the molecule is CC(N)C(c1cccnc1)N1CCC(C(F)(F)F)CC1. The highest BCUT2D eigenvalue weighted by Gasteiger charge is 2.42. The highest BCUT2D eigenvalue weighted by Crippen LogP contribution is 2.36. The molecule has 0 radical (unpaired) electrons. The van der Waals surface area contributed by atoms with E-state index in [1.165, 1.54) is 0 Å². The van der Waals surface area contributed by atoms with Crippen LogP contribution in [0.25, 0.3) is 0 Å². The van der Waals surface area contributed by atoms with E-state index in [1.807, 2.05) is 24.0 Å². The van der Waals surface area contributed by atoms with E-state index >= 15 is 0 Å². The summed E-state index contributed by atoms with van der Waals surface area (Å²) in [5.74, 6) is -1.18. The van der Waals surface area contributed by atoms with Crippen molar-refractivity contribution in [1.82, 2.24) is 9.88 Å². The van der Waals surface area contributed by atoms with Crippen molar-refractivity contribution in [3.8, 4) is 0 Å². The molecule has 0 saturated carbocycles. The third-order valence-corrected chi connectivity index (χ3v) is 3.91. The molecule has 2 atom stereocenters. The summed E-state index contributed by atoms with van der Waals surface area (Å²) in [6.07, 6.45) is -0.369. The second kappa shape index (κ2) is 6.10. The van der Waals surface area contributed by atoms with Crippen molar-refractivity contribution < 1.29 is 13.2 Å². The van der Waals surface area contributed by atoms with Crippen LogP contribution in [-0.2, 0) is 0 Å². The minimum absolute atomic E-state index is 0.0714. The lowest BCUT2D eigenvalue weighted by atomic mass is 9.92. The number of nitrogens with two attached hydrogens (primary N) is 1. The molecular formula is C14H20F3N3. The van der Waals surface area contributed by atoms with Crippen LogP contribution < -0.4 is 5.73 Å². The van der Waals surface area contributed by atoms with Crippen LogP contribution in [0.1, 0.15) is 31.4 Å². The van der Waals surface area contributed by atoms with Crippen LogP contribution in [0.5, 0.6) is 0 Å². The zero-order valence-corrected chi connectivity index (χ0v) is 11.5. The first-order chi connectivity index (χ1) is 9.39. The molecule has 0 aromatic carbocycles. The zero-order valence-electron chi connectivity index (χ0n) is 11.5. The predicted molar refractivity (Wildman–Crippen MR) is 71.0 cm³/mol. The van der Waals surface area contributed by atoms with Crippen LogP contribution in [0.3, 0.4) is 0 Å². The predicted octanol–water partition coefficient (Wildman–Crippen LogP) is 2.74. The summed E-state index contributed by atoms with van der Waals surface area (Å²) in [4.78, 5) is 6.12. The maximum absolute atomic E-state index is 12.7. The standard InChI is InChI=1S/C14H20F3N3/c1-10(18)13(11-3-2-6-19-9-11)20-7-4-12(5-8-20)14(15,16)17/h2-3,6,9-10,12-13H,4-5,7-8,18H2,1H3. The molecule has 1 aliphatic rings. The smallest absolute Gasteiger partial charge is 0.326 e. The molecule has 6 heteroatoms. The van der Waals surface area contributed by atoms with E-state index in [-0.39, 0.29) is 24.9 Å². The Balaban J connectivity index is 2.07. The van der Waals surface area contributed by atoms with E-state index < -0.39 is 12.1 Å². The molecule has 2 N–H and O–H groups in total. The monoisotopic (exact) mass is 287 g/mol. The third-order valence-electron chi connectivity index (χ3n) is 3.91. The van der Waals surface area contributed by atoms with E-state index in [2.05, 4.69) is 4.98 Å². The number of likely N-dealkylation sites (tertiary alicyclic amines) is 1. The molecule has 1 saturated heterocycles. The molecule has 2 heterocycles. The Labute approximate surface area is 117 Å². The van der Waals surface area contributed by atoms with Gasteiger partial charge >= 0.3 is 6.18 Å². The summed E-state index contributed by atoms with van der Waals surface area (Å²) in [5, 5.41) is 0. The molecule has 1 aromatic rings. The van der Waals surface area contributed by atoms with Crippen LogP contribution in [0.2, 0.25) is 0 Å². The van der Waals surface area contributed by atoms with E-state index in [0.29, 0.717) is 13.1 Å². The molecule has 112 valence electrons. The molecule has 0 amide bonds. The Bertz CT molecular complexity index is 411. The number of rotatable bonds is 3. The molecule has 2 rings (SSSR count). The maximum atomic E-state index is 12.7. The van der Waals surface area contributed by atoms with Crippen molar-refractivity contribution in [2.75, 3.05) is 13.1 Å². The van der Waals surface area contributed by atoms with E-state index in [4.69, 9.17) is 5.73 Å². The lowest BCUT2D eigenvalue weighted by Crippen LogP contribution is -2.45. The summed E-state index contributed by atoms with van der Waals surface area (Å²) in [5.41, 5.74) is 6.99. The van der Waals surface area contributed by atoms with Crippen molar-refractivity contribution in [3.63, 3.8) is 0 Å². The van der Waals surface area contributed by atoms with Crippen molar-refractivity contribution in [2.24, 2.45) is 11.7 Å². The van der Waals surface area contributed by atoms with E-state index in [0.717, 1.165) is 5.56 Å².